The zero-order valence-corrected chi connectivity index (χ0v) is 38.3. The summed E-state index contributed by atoms with van der Waals surface area (Å²) in [5, 5.41) is 0.718. The predicted molar refractivity (Wildman–Crippen MR) is 247 cm³/mol. The van der Waals surface area contributed by atoms with Gasteiger partial charge in [-0.15, -0.1) is 0 Å². The lowest BCUT2D eigenvalue weighted by Gasteiger charge is -2.46. The van der Waals surface area contributed by atoms with Crippen molar-refractivity contribution in [2.75, 3.05) is 0 Å². The van der Waals surface area contributed by atoms with E-state index in [-0.39, 0.29) is 11.8 Å². The van der Waals surface area contributed by atoms with E-state index in [9.17, 15) is 0 Å². The maximum Gasteiger partial charge on any atom is 0.0915 e. The Balaban J connectivity index is 1.48. The fourth-order valence-corrected chi connectivity index (χ4v) is 10.9. The number of hydrogen-bond acceptors (Lipinski definition) is 5. The van der Waals surface area contributed by atoms with Crippen LogP contribution in [0.15, 0.2) is 139 Å². The van der Waals surface area contributed by atoms with Crippen molar-refractivity contribution in [2.24, 2.45) is 9.98 Å². The second-order valence-electron chi connectivity index (χ2n) is 15.8. The van der Waals surface area contributed by atoms with Gasteiger partial charge in [-0.05, 0) is 158 Å². The van der Waals surface area contributed by atoms with Crippen LogP contribution in [0.25, 0.3) is 0 Å². The van der Waals surface area contributed by atoms with Crippen molar-refractivity contribution in [1.82, 2.24) is 15.0 Å². The average Bonchev–Trinajstić information content (AvgIpc) is 3.86. The molecule has 0 spiro atoms. The summed E-state index contributed by atoms with van der Waals surface area (Å²) in [6, 6.07) is 25.5. The first-order chi connectivity index (χ1) is 27.4. The highest BCUT2D eigenvalue weighted by molar-refractivity contribution is 9.11. The van der Waals surface area contributed by atoms with Gasteiger partial charge in [-0.2, -0.15) is 0 Å². The van der Waals surface area contributed by atoms with Gasteiger partial charge in [0, 0.05) is 96.6 Å². The molecule has 3 aromatic heterocycles. The number of aliphatic imine (C=N–C) groups is 2. The molecule has 57 heavy (non-hydrogen) atoms. The molecule has 5 aromatic rings. The number of pyridine rings is 3. The lowest BCUT2D eigenvalue weighted by atomic mass is 9.59. The Morgan fingerprint density at radius 2 is 1.11 bits per heavy atom. The number of hydrogen-bond donors (Lipinski definition) is 0. The van der Waals surface area contributed by atoms with E-state index in [0.717, 1.165) is 84.3 Å². The zero-order valence-electron chi connectivity index (χ0n) is 32.8. The lowest BCUT2D eigenvalue weighted by molar-refractivity contribution is 0.219. The molecule has 5 heterocycles. The van der Waals surface area contributed by atoms with E-state index < -0.39 is 16.5 Å². The van der Waals surface area contributed by atoms with Crippen LogP contribution in [0.1, 0.15) is 89.3 Å². The van der Waals surface area contributed by atoms with E-state index >= 15 is 0 Å². The van der Waals surface area contributed by atoms with Gasteiger partial charge in [-0.3, -0.25) is 24.9 Å². The van der Waals surface area contributed by atoms with Crippen LogP contribution in [0, 0.1) is 20.8 Å². The van der Waals surface area contributed by atoms with Crippen LogP contribution in [0.2, 0.25) is 5.02 Å². The maximum absolute atomic E-state index is 6.42. The van der Waals surface area contributed by atoms with Crippen molar-refractivity contribution in [3.63, 3.8) is 0 Å². The van der Waals surface area contributed by atoms with E-state index in [1.54, 1.807) is 0 Å². The van der Waals surface area contributed by atoms with Crippen LogP contribution in [0.4, 0.5) is 0 Å². The predicted octanol–water partition coefficient (Wildman–Crippen LogP) is 13.4. The lowest BCUT2D eigenvalue weighted by Crippen LogP contribution is -2.44. The van der Waals surface area contributed by atoms with Crippen molar-refractivity contribution >= 4 is 71.8 Å². The molecule has 0 amide bonds. The fraction of sp³-hybridized carbons (Fsp3) is 0.312. The van der Waals surface area contributed by atoms with E-state index in [4.69, 9.17) is 36.5 Å². The molecule has 7 rings (SSSR count). The summed E-state index contributed by atoms with van der Waals surface area (Å²) in [6.07, 6.45) is 23.4. The Kier molecular flexibility index (Phi) is 12.9. The molecule has 5 nitrogen and oxygen atoms in total. The molecule has 2 aliphatic heterocycles. The highest BCUT2D eigenvalue weighted by atomic mass is 79.9. The third kappa shape index (κ3) is 9.05. The minimum Gasteiger partial charge on any atom is -0.281 e. The van der Waals surface area contributed by atoms with Gasteiger partial charge in [-0.1, -0.05) is 79.6 Å². The number of aromatic nitrogens is 3. The second-order valence-corrected chi connectivity index (χ2v) is 19.0. The van der Waals surface area contributed by atoms with Gasteiger partial charge in [0.25, 0.3) is 0 Å². The monoisotopic (exact) mass is 965 g/mol. The molecule has 2 aliphatic rings. The summed E-state index contributed by atoms with van der Waals surface area (Å²) in [5.41, 5.74) is 7.34. The third-order valence-corrected chi connectivity index (χ3v) is 13.4. The molecule has 0 fully saturated rings. The molecule has 5 unspecified atom stereocenters. The normalized spacial score (nSPS) is 20.6. The van der Waals surface area contributed by atoms with E-state index in [1.165, 1.54) is 11.1 Å². The summed E-state index contributed by atoms with van der Waals surface area (Å²) in [7, 11) is 0. The van der Waals surface area contributed by atoms with Crippen molar-refractivity contribution in [3.05, 3.63) is 179 Å². The topological polar surface area (TPSA) is 63.4 Å². The number of nitrogens with zero attached hydrogens (tertiary/aromatic N) is 5. The van der Waals surface area contributed by atoms with Crippen molar-refractivity contribution in [3.8, 4) is 0 Å². The van der Waals surface area contributed by atoms with Gasteiger partial charge in [-0.25, -0.2) is 0 Å². The van der Waals surface area contributed by atoms with Gasteiger partial charge in [0.1, 0.15) is 0 Å². The first-order valence-corrected chi connectivity index (χ1v) is 22.3. The highest BCUT2D eigenvalue weighted by Crippen LogP contribution is 2.54. The summed E-state index contributed by atoms with van der Waals surface area (Å²) in [5.74, 6) is -0.230. The number of halogens is 4. The van der Waals surface area contributed by atoms with Crippen molar-refractivity contribution in [1.29, 1.82) is 0 Å². The fourth-order valence-electron chi connectivity index (χ4n) is 9.40. The van der Waals surface area contributed by atoms with Gasteiger partial charge < -0.3 is 0 Å². The SMILES string of the molecule is CCCC(CC(c1ncc(Br)cc1C)C1(Cc2ccccc2)C=CC=N1)(CC(c1ncc(Br)cc1C)C1(Cc2ccc(Cl)cc2)C=CC=N1)c1ncc(Br)cc1C. The molecule has 0 aliphatic carbocycles. The average molecular weight is 969 g/mol. The molecule has 0 radical (unpaired) electrons. The highest BCUT2D eigenvalue weighted by Gasteiger charge is 2.51. The first-order valence-electron chi connectivity index (χ1n) is 19.6. The van der Waals surface area contributed by atoms with Crippen molar-refractivity contribution in [2.45, 2.75) is 94.5 Å². The molecule has 0 saturated carbocycles. The Morgan fingerprint density at radius 3 is 1.54 bits per heavy atom. The summed E-state index contributed by atoms with van der Waals surface area (Å²) in [6.45, 7) is 8.86. The van der Waals surface area contributed by atoms with Gasteiger partial charge in [0.15, 0.2) is 0 Å². The summed E-state index contributed by atoms with van der Waals surface area (Å²) >= 11 is 17.6. The van der Waals surface area contributed by atoms with Crippen LogP contribution in [-0.4, -0.2) is 38.5 Å². The largest absolute Gasteiger partial charge is 0.281 e. The van der Waals surface area contributed by atoms with Crippen LogP contribution in [0.5, 0.6) is 0 Å². The Bertz CT molecular complexity index is 2310. The number of allylic oxidation sites excluding steroid dienone is 2. The van der Waals surface area contributed by atoms with Crippen LogP contribution in [0.3, 0.4) is 0 Å². The smallest absolute Gasteiger partial charge is 0.0915 e. The van der Waals surface area contributed by atoms with E-state index in [0.29, 0.717) is 6.42 Å². The summed E-state index contributed by atoms with van der Waals surface area (Å²) in [4.78, 5) is 26.7. The molecule has 0 N–H and O–H groups in total. The van der Waals surface area contributed by atoms with E-state index in [2.05, 4.69) is 160 Å². The molecule has 5 atom stereocenters. The number of rotatable bonds is 15. The number of aryl methyl sites for hydroxylation is 3. The van der Waals surface area contributed by atoms with Gasteiger partial charge >= 0.3 is 0 Å². The zero-order chi connectivity index (χ0) is 40.2. The van der Waals surface area contributed by atoms with Crippen LogP contribution >= 0.6 is 59.4 Å². The van der Waals surface area contributed by atoms with Gasteiger partial charge in [0.2, 0.25) is 0 Å². The molecular weight excluding hydrogens is 922 g/mol. The minimum atomic E-state index is -0.615. The second kappa shape index (κ2) is 17.7. The molecule has 292 valence electrons. The standard InChI is InChI=1S/C48H47Br3ClN5/c1-5-17-46(45-34(4)24-39(51)31-55-45,27-41(43-32(2)22-37(49)29-53-43)47(18-9-20-56-47)25-35-11-7-6-8-12-35)28-42(44-33(3)23-38(50)30-54-44)48(19-10-21-57-48)26-36-13-15-40(52)16-14-36/h6-16,18-24,29-31,41-42H,5,17,25-28H2,1-4H3. The quantitative estimate of drug-likeness (QED) is 0.105. The third-order valence-electron chi connectivity index (χ3n) is 11.8. The van der Waals surface area contributed by atoms with Crippen LogP contribution < -0.4 is 0 Å². The molecule has 9 heteroatoms. The summed E-state index contributed by atoms with van der Waals surface area (Å²) < 4.78 is 2.88. The Hall–Kier alpha value is -3.56. The molecule has 0 saturated heterocycles. The minimum absolute atomic E-state index is 0.105. The Morgan fingerprint density at radius 1 is 0.632 bits per heavy atom. The van der Waals surface area contributed by atoms with Gasteiger partial charge in [0.05, 0.1) is 11.1 Å². The maximum atomic E-state index is 6.42. The Labute approximate surface area is 367 Å². The van der Waals surface area contributed by atoms with Crippen LogP contribution in [-0.2, 0) is 18.3 Å². The van der Waals surface area contributed by atoms with E-state index in [1.807, 2.05) is 43.2 Å². The molecular formula is C48H47Br3ClN5. The van der Waals surface area contributed by atoms with Crippen molar-refractivity contribution < 1.29 is 0 Å². The molecule has 0 bridgehead atoms. The molecule has 2 aromatic carbocycles. The first kappa shape index (κ1) is 41.6. The number of benzene rings is 2.